The quantitative estimate of drug-likeness (QED) is 0.746. The molecule has 0 amide bonds. The van der Waals surface area contributed by atoms with Gasteiger partial charge in [-0.25, -0.2) is 8.78 Å². The maximum atomic E-state index is 13.9. The number of halogens is 2. The summed E-state index contributed by atoms with van der Waals surface area (Å²) >= 11 is 0. The first-order valence-corrected chi connectivity index (χ1v) is 6.43. The third kappa shape index (κ3) is 2.50. The average molecular weight is 302 g/mol. The smallest absolute Gasteiger partial charge is 0.198 e. The van der Waals surface area contributed by atoms with E-state index in [2.05, 4.69) is 4.98 Å². The van der Waals surface area contributed by atoms with Gasteiger partial charge in [-0.15, -0.1) is 0 Å². The number of methoxy groups -OCH3 is 1. The molecule has 0 aliphatic carbocycles. The Bertz CT molecular complexity index is 830. The summed E-state index contributed by atoms with van der Waals surface area (Å²) in [6, 6.07) is 8.69. The van der Waals surface area contributed by atoms with Crippen LogP contribution in [0.3, 0.4) is 0 Å². The Labute approximate surface area is 125 Å². The van der Waals surface area contributed by atoms with E-state index >= 15 is 0 Å². The van der Waals surface area contributed by atoms with Gasteiger partial charge < -0.3 is 15.2 Å². The van der Waals surface area contributed by atoms with Gasteiger partial charge in [-0.3, -0.25) is 4.98 Å². The lowest BCUT2D eigenvalue weighted by Gasteiger charge is -2.11. The van der Waals surface area contributed by atoms with Gasteiger partial charge in [0.15, 0.2) is 17.4 Å². The molecular weight excluding hydrogens is 290 g/mol. The molecule has 22 heavy (non-hydrogen) atoms. The van der Waals surface area contributed by atoms with Crippen molar-refractivity contribution in [2.75, 3.05) is 12.8 Å². The molecule has 0 spiro atoms. The van der Waals surface area contributed by atoms with Crippen LogP contribution in [-0.4, -0.2) is 12.1 Å². The molecule has 0 bridgehead atoms. The summed E-state index contributed by atoms with van der Waals surface area (Å²) < 4.78 is 38.3. The summed E-state index contributed by atoms with van der Waals surface area (Å²) in [4.78, 5) is 4.17. The first-order valence-electron chi connectivity index (χ1n) is 6.43. The van der Waals surface area contributed by atoms with Crippen LogP contribution in [-0.2, 0) is 0 Å². The summed E-state index contributed by atoms with van der Waals surface area (Å²) in [6.07, 6.45) is 1.50. The number of anilines is 1. The van der Waals surface area contributed by atoms with Crippen molar-refractivity contribution in [2.45, 2.75) is 0 Å². The number of rotatable bonds is 3. The van der Waals surface area contributed by atoms with E-state index in [1.165, 1.54) is 19.4 Å². The van der Waals surface area contributed by atoms with Gasteiger partial charge in [0.05, 0.1) is 12.6 Å². The topological polar surface area (TPSA) is 57.4 Å². The van der Waals surface area contributed by atoms with Crippen molar-refractivity contribution in [1.82, 2.24) is 4.98 Å². The highest BCUT2D eigenvalue weighted by Gasteiger charge is 2.15. The first kappa shape index (κ1) is 14.1. The maximum Gasteiger partial charge on any atom is 0.198 e. The predicted octanol–water partition coefficient (Wildman–Crippen LogP) is 3.90. The molecule has 1 aromatic heterocycles. The van der Waals surface area contributed by atoms with E-state index in [1.54, 1.807) is 18.2 Å². The second kappa shape index (κ2) is 5.48. The van der Waals surface area contributed by atoms with Crippen molar-refractivity contribution in [3.05, 3.63) is 54.2 Å². The fraction of sp³-hybridized carbons (Fsp3) is 0.0625. The van der Waals surface area contributed by atoms with E-state index in [0.717, 1.165) is 12.1 Å². The first-order chi connectivity index (χ1) is 10.6. The number of nitrogens with two attached hydrogens (primary N) is 1. The Kier molecular flexibility index (Phi) is 3.50. The second-order valence-electron chi connectivity index (χ2n) is 4.61. The molecule has 0 radical (unpaired) electrons. The van der Waals surface area contributed by atoms with Crippen molar-refractivity contribution in [3.8, 4) is 17.2 Å². The van der Waals surface area contributed by atoms with Gasteiger partial charge in [0.1, 0.15) is 11.5 Å². The summed E-state index contributed by atoms with van der Waals surface area (Å²) in [7, 11) is 1.53. The average Bonchev–Trinajstić information content (AvgIpc) is 2.50. The van der Waals surface area contributed by atoms with Gasteiger partial charge in [0, 0.05) is 29.4 Å². The highest BCUT2D eigenvalue weighted by atomic mass is 19.1. The summed E-state index contributed by atoms with van der Waals surface area (Å²) in [5.41, 5.74) is 6.00. The third-order valence-corrected chi connectivity index (χ3v) is 3.14. The number of ether oxygens (including phenoxy) is 2. The molecule has 2 aromatic carbocycles. The van der Waals surface area contributed by atoms with Gasteiger partial charge >= 0.3 is 0 Å². The molecule has 6 heteroatoms. The number of pyridine rings is 1. The molecule has 1 heterocycles. The fourth-order valence-corrected chi connectivity index (χ4v) is 2.10. The minimum absolute atomic E-state index is 0.0106. The molecule has 3 aromatic rings. The Morgan fingerprint density at radius 3 is 2.45 bits per heavy atom. The molecule has 0 aliphatic rings. The number of hydrogen-bond acceptors (Lipinski definition) is 4. The van der Waals surface area contributed by atoms with Crippen LogP contribution in [0.25, 0.3) is 10.9 Å². The standard InChI is InChI=1S/C16H12F2N2O2/c1-21-10-2-3-14-11(8-10)15(4-5-20-14)22-16-12(17)6-9(19)7-13(16)18/h2-8H,19H2,1H3. The Morgan fingerprint density at radius 1 is 1.05 bits per heavy atom. The summed E-state index contributed by atoms with van der Waals surface area (Å²) in [5.74, 6) is -1.39. The van der Waals surface area contributed by atoms with Crippen LogP contribution < -0.4 is 15.2 Å². The van der Waals surface area contributed by atoms with E-state index < -0.39 is 17.4 Å². The number of aromatic nitrogens is 1. The second-order valence-corrected chi connectivity index (χ2v) is 4.61. The van der Waals surface area contributed by atoms with Crippen molar-refractivity contribution < 1.29 is 18.3 Å². The minimum atomic E-state index is -0.870. The van der Waals surface area contributed by atoms with Crippen LogP contribution in [0.4, 0.5) is 14.5 Å². The molecule has 0 saturated carbocycles. The van der Waals surface area contributed by atoms with Crippen LogP contribution in [0.15, 0.2) is 42.6 Å². The van der Waals surface area contributed by atoms with E-state index in [1.807, 2.05) is 0 Å². The van der Waals surface area contributed by atoms with Crippen molar-refractivity contribution in [2.24, 2.45) is 0 Å². The van der Waals surface area contributed by atoms with Gasteiger partial charge in [0.2, 0.25) is 0 Å². The predicted molar refractivity (Wildman–Crippen MR) is 79.1 cm³/mol. The van der Waals surface area contributed by atoms with Gasteiger partial charge in [-0.2, -0.15) is 0 Å². The van der Waals surface area contributed by atoms with Crippen molar-refractivity contribution in [3.63, 3.8) is 0 Å². The molecule has 3 rings (SSSR count). The van der Waals surface area contributed by atoms with E-state index in [0.29, 0.717) is 16.7 Å². The minimum Gasteiger partial charge on any atom is -0.497 e. The van der Waals surface area contributed by atoms with E-state index in [9.17, 15) is 8.78 Å². The number of benzene rings is 2. The molecule has 0 aliphatic heterocycles. The van der Waals surface area contributed by atoms with Crippen molar-refractivity contribution in [1.29, 1.82) is 0 Å². The molecule has 112 valence electrons. The Balaban J connectivity index is 2.11. The van der Waals surface area contributed by atoms with Crippen LogP contribution in [0.5, 0.6) is 17.2 Å². The van der Waals surface area contributed by atoms with E-state index in [4.69, 9.17) is 15.2 Å². The molecule has 4 nitrogen and oxygen atoms in total. The monoisotopic (exact) mass is 302 g/mol. The number of nitrogens with zero attached hydrogens (tertiary/aromatic N) is 1. The van der Waals surface area contributed by atoms with Crippen LogP contribution in [0, 0.1) is 11.6 Å². The Morgan fingerprint density at radius 2 is 1.77 bits per heavy atom. The molecular formula is C16H12F2N2O2. The zero-order valence-electron chi connectivity index (χ0n) is 11.6. The maximum absolute atomic E-state index is 13.9. The normalized spacial score (nSPS) is 10.7. The highest BCUT2D eigenvalue weighted by Crippen LogP contribution is 2.34. The van der Waals surface area contributed by atoms with Crippen LogP contribution in [0.2, 0.25) is 0 Å². The molecule has 0 unspecified atom stereocenters. The van der Waals surface area contributed by atoms with Gasteiger partial charge in [-0.1, -0.05) is 0 Å². The van der Waals surface area contributed by atoms with E-state index in [-0.39, 0.29) is 11.4 Å². The number of fused-ring (bicyclic) bond motifs is 1. The Hall–Kier alpha value is -2.89. The molecule has 2 N–H and O–H groups in total. The highest BCUT2D eigenvalue weighted by molar-refractivity contribution is 5.86. The lowest BCUT2D eigenvalue weighted by atomic mass is 10.2. The lowest BCUT2D eigenvalue weighted by molar-refractivity contribution is 0.408. The van der Waals surface area contributed by atoms with Gasteiger partial charge in [0.25, 0.3) is 0 Å². The summed E-state index contributed by atoms with van der Waals surface area (Å²) in [5, 5.41) is 0.581. The zero-order chi connectivity index (χ0) is 15.7. The van der Waals surface area contributed by atoms with Crippen molar-refractivity contribution >= 4 is 16.6 Å². The fourth-order valence-electron chi connectivity index (χ4n) is 2.10. The SMILES string of the molecule is COc1ccc2nccc(Oc3c(F)cc(N)cc3F)c2c1. The number of nitrogen functional groups attached to an aromatic ring is 1. The lowest BCUT2D eigenvalue weighted by Crippen LogP contribution is -1.96. The zero-order valence-corrected chi connectivity index (χ0v) is 11.6. The van der Waals surface area contributed by atoms with Crippen LogP contribution >= 0.6 is 0 Å². The largest absolute Gasteiger partial charge is 0.497 e. The van der Waals surface area contributed by atoms with Crippen LogP contribution in [0.1, 0.15) is 0 Å². The third-order valence-electron chi connectivity index (χ3n) is 3.14. The molecule has 0 atom stereocenters. The molecule has 0 saturated heterocycles. The van der Waals surface area contributed by atoms with Gasteiger partial charge in [-0.05, 0) is 24.3 Å². The number of hydrogen-bond donors (Lipinski definition) is 1. The molecule has 0 fully saturated rings. The summed E-state index contributed by atoms with van der Waals surface area (Å²) in [6.45, 7) is 0.